The Morgan fingerprint density at radius 1 is 0.714 bits per heavy atom. The molecule has 1 aromatic rings. The van der Waals surface area contributed by atoms with Gasteiger partial charge in [-0.05, 0) is 0 Å². The third kappa shape index (κ3) is 52.9. The normalized spacial score (nSPS) is 9.10. The van der Waals surface area contributed by atoms with Crippen molar-refractivity contribution in [3.63, 3.8) is 0 Å². The van der Waals surface area contributed by atoms with Crippen LogP contribution in [0.4, 0.5) is 0 Å². The minimum absolute atomic E-state index is 0. The smallest absolute Gasteiger partial charge is 4.00 e. The van der Waals surface area contributed by atoms with Crippen LogP contribution in [-0.4, -0.2) is 32.5 Å². The van der Waals surface area contributed by atoms with E-state index < -0.39 is 14.3 Å². The molecule has 0 saturated heterocycles. The van der Waals surface area contributed by atoms with Gasteiger partial charge in [0.1, 0.15) is 0 Å². The van der Waals surface area contributed by atoms with Gasteiger partial charge in [0.15, 0.2) is 0 Å². The van der Waals surface area contributed by atoms with Crippen LogP contribution < -0.4 is 4.40 Å². The van der Waals surface area contributed by atoms with Crippen LogP contribution in [0, 0.1) is 0 Å². The summed E-state index contributed by atoms with van der Waals surface area (Å²) in [4.78, 5) is 0. The average molecular weight is 433 g/mol. The van der Waals surface area contributed by atoms with Gasteiger partial charge in [-0.15, -0.1) is 18.1 Å². The zero-order chi connectivity index (χ0) is 16.7. The first-order valence-corrected chi connectivity index (χ1v) is 13.4. The van der Waals surface area contributed by atoms with Crippen molar-refractivity contribution >= 4 is 18.7 Å². The van der Waals surface area contributed by atoms with Crippen molar-refractivity contribution in [3.05, 3.63) is 41.5 Å². The summed E-state index contributed by atoms with van der Waals surface area (Å²) < 4.78 is 1.62. The first kappa shape index (κ1) is 29.6. The molecule has 0 fully saturated rings. The van der Waals surface area contributed by atoms with Gasteiger partial charge < -0.3 is 17.2 Å². The molecular weight excluding hydrogens is 398 g/mol. The zero-order valence-corrected chi connectivity index (χ0v) is 20.0. The molecule has 0 aliphatic rings. The maximum Gasteiger partial charge on any atom is 4.00 e. The van der Waals surface area contributed by atoms with E-state index in [-0.39, 0.29) is 44.3 Å². The molecule has 0 aromatic heterocycles. The van der Waals surface area contributed by atoms with E-state index in [4.69, 9.17) is 17.2 Å². The minimum atomic E-state index is -0.888. The number of hydrogen-bond donors (Lipinski definition) is 0. The monoisotopic (exact) mass is 433 g/mol. The van der Waals surface area contributed by atoms with E-state index in [1.165, 1.54) is 0 Å². The molecular formula is C16H35GeN3Zr. The van der Waals surface area contributed by atoms with Gasteiger partial charge in [-0.3, -0.25) is 0 Å². The van der Waals surface area contributed by atoms with E-state index in [9.17, 15) is 0 Å². The third-order valence-electron chi connectivity index (χ3n) is 1.36. The summed E-state index contributed by atoms with van der Waals surface area (Å²) in [6.45, 7) is 11.0. The van der Waals surface area contributed by atoms with Crippen molar-refractivity contribution in [2.75, 3.05) is 0 Å². The quantitative estimate of drug-likeness (QED) is 0.418. The summed E-state index contributed by atoms with van der Waals surface area (Å²) in [5.74, 6) is 4.78. The van der Waals surface area contributed by atoms with Gasteiger partial charge in [-0.1, -0.05) is 41.5 Å². The number of hydrogen-bond acceptors (Lipinski definition) is 0. The van der Waals surface area contributed by atoms with E-state index >= 15 is 0 Å². The van der Waals surface area contributed by atoms with Gasteiger partial charge >= 0.3 is 80.7 Å². The van der Waals surface area contributed by atoms with Gasteiger partial charge in [0.05, 0.1) is 0 Å². The van der Waals surface area contributed by atoms with E-state index in [2.05, 4.69) is 35.8 Å². The summed E-state index contributed by atoms with van der Waals surface area (Å²) in [6, 6.07) is 8.98. The molecule has 0 amide bonds. The SMILES string of the molecule is CC(C)[NH-].CC(C)[NH-].CC(C)[NH-].[CH3][GeH]([CH3])[c-]1cccc1.[Zr+4]. The fourth-order valence-corrected chi connectivity index (χ4v) is 2.86. The molecule has 0 heterocycles. The number of rotatable bonds is 1. The second kappa shape index (κ2) is 20.7. The molecule has 3 nitrogen and oxygen atoms in total. The van der Waals surface area contributed by atoms with Crippen molar-refractivity contribution in [3.8, 4) is 0 Å². The molecule has 3 N–H and O–H groups in total. The molecule has 0 aliphatic heterocycles. The molecule has 5 heteroatoms. The number of nitrogens with one attached hydrogen (secondary N) is 3. The average Bonchev–Trinajstić information content (AvgIpc) is 2.66. The van der Waals surface area contributed by atoms with E-state index in [0.29, 0.717) is 0 Å². The maximum atomic E-state index is 6.58. The van der Waals surface area contributed by atoms with Crippen LogP contribution in [0.2, 0.25) is 11.5 Å². The summed E-state index contributed by atoms with van der Waals surface area (Å²) in [7, 11) is 0. The zero-order valence-electron chi connectivity index (χ0n) is 15.1. The summed E-state index contributed by atoms with van der Waals surface area (Å²) in [6.07, 6.45) is 0. The molecule has 0 unspecified atom stereocenters. The minimum Gasteiger partial charge on any atom is 4.00 e. The van der Waals surface area contributed by atoms with Crippen molar-refractivity contribution < 1.29 is 26.2 Å². The second-order valence-electron chi connectivity index (χ2n) is 5.84. The maximum absolute atomic E-state index is 6.58. The largest absolute Gasteiger partial charge is 4.00 e. The van der Waals surface area contributed by atoms with Crippen LogP contribution in [0.25, 0.3) is 17.2 Å². The van der Waals surface area contributed by atoms with Gasteiger partial charge in [0.25, 0.3) is 0 Å². The van der Waals surface area contributed by atoms with E-state index in [0.717, 1.165) is 0 Å². The molecule has 1 aromatic carbocycles. The van der Waals surface area contributed by atoms with E-state index in [1.807, 2.05) is 41.5 Å². The van der Waals surface area contributed by atoms with Gasteiger partial charge in [-0.2, -0.15) is 0 Å². The second-order valence-corrected chi connectivity index (χ2v) is 12.1. The van der Waals surface area contributed by atoms with Crippen molar-refractivity contribution in [2.45, 2.75) is 71.2 Å². The predicted molar refractivity (Wildman–Crippen MR) is 98.9 cm³/mol. The Balaban J connectivity index is -0.0000000973. The Kier molecular flexibility index (Phi) is 29.2. The molecule has 0 radical (unpaired) electrons. The van der Waals surface area contributed by atoms with Crippen LogP contribution in [0.15, 0.2) is 24.3 Å². The van der Waals surface area contributed by atoms with E-state index in [1.54, 1.807) is 4.40 Å². The van der Waals surface area contributed by atoms with Crippen LogP contribution in [0.5, 0.6) is 0 Å². The molecule has 0 saturated carbocycles. The fraction of sp³-hybridized carbons (Fsp3) is 0.688. The topological polar surface area (TPSA) is 71.4 Å². The molecule has 0 spiro atoms. The Bertz CT molecular complexity index is 238. The fourth-order valence-electron chi connectivity index (χ4n) is 0.774. The Labute approximate surface area is 157 Å². The van der Waals surface area contributed by atoms with Crippen LogP contribution in [0.3, 0.4) is 0 Å². The van der Waals surface area contributed by atoms with Gasteiger partial charge in [-0.25, -0.2) is 0 Å². The van der Waals surface area contributed by atoms with Crippen LogP contribution in [0.1, 0.15) is 41.5 Å². The van der Waals surface area contributed by atoms with Crippen LogP contribution in [-0.2, 0) is 26.2 Å². The predicted octanol–water partition coefficient (Wildman–Crippen LogP) is 5.44. The molecule has 0 aliphatic carbocycles. The first-order chi connectivity index (χ1) is 9.00. The summed E-state index contributed by atoms with van der Waals surface area (Å²) in [5, 5.41) is 0. The molecule has 21 heavy (non-hydrogen) atoms. The molecule has 122 valence electrons. The molecule has 1 rings (SSSR count). The Hall–Kier alpha value is 0.656. The summed E-state index contributed by atoms with van der Waals surface area (Å²) in [5.41, 5.74) is 19.8. The Morgan fingerprint density at radius 3 is 1.00 bits per heavy atom. The molecule has 0 bridgehead atoms. The van der Waals surface area contributed by atoms with Crippen LogP contribution >= 0.6 is 0 Å². The van der Waals surface area contributed by atoms with Crippen molar-refractivity contribution in [2.24, 2.45) is 0 Å². The van der Waals surface area contributed by atoms with Crippen molar-refractivity contribution in [1.82, 2.24) is 0 Å². The molecule has 0 atom stereocenters. The third-order valence-corrected chi connectivity index (χ3v) is 4.96. The van der Waals surface area contributed by atoms with Crippen molar-refractivity contribution in [1.29, 1.82) is 0 Å². The summed E-state index contributed by atoms with van der Waals surface area (Å²) >= 11 is -0.888. The first-order valence-electron chi connectivity index (χ1n) is 7.35. The standard InChI is InChI=1S/C7H11Ge.3C3H8N.Zr/c1-8(2)7-5-3-4-6-7;3*1-3(2)4;/h3-6,8H,1-2H3;3*3-4H,1-2H3;/q4*-1;+4. The van der Waals surface area contributed by atoms with Gasteiger partial charge in [0, 0.05) is 0 Å². The van der Waals surface area contributed by atoms with Gasteiger partial charge in [0.2, 0.25) is 0 Å². The Morgan fingerprint density at radius 2 is 0.905 bits per heavy atom.